The van der Waals surface area contributed by atoms with Gasteiger partial charge in [-0.15, -0.1) is 0 Å². The highest BCUT2D eigenvalue weighted by atomic mass is 15.2. The molecule has 1 aromatic heterocycles. The molecule has 0 N–H and O–H groups in total. The highest BCUT2D eigenvalue weighted by Crippen LogP contribution is 2.19. The summed E-state index contributed by atoms with van der Waals surface area (Å²) in [5.74, 6) is 1.25. The molecule has 2 rings (SSSR count). The van der Waals surface area contributed by atoms with Crippen LogP contribution in [0, 0.1) is 0 Å². The normalized spacial score (nSPS) is 17.9. The molecule has 2 heterocycles. The summed E-state index contributed by atoms with van der Waals surface area (Å²) in [6.45, 7) is 11.2. The Kier molecular flexibility index (Phi) is 3.78. The van der Waals surface area contributed by atoms with Gasteiger partial charge < -0.3 is 9.47 Å². The fourth-order valence-corrected chi connectivity index (χ4v) is 2.61. The zero-order chi connectivity index (χ0) is 13.3. The van der Waals surface area contributed by atoms with E-state index in [1.807, 2.05) is 6.20 Å². The first kappa shape index (κ1) is 13.6. The minimum atomic E-state index is 0.256. The summed E-state index contributed by atoms with van der Waals surface area (Å²) in [4.78, 5) is 9.36. The van der Waals surface area contributed by atoms with Gasteiger partial charge in [0.2, 0.25) is 0 Å². The minimum Gasteiger partial charge on any atom is -0.329 e. The van der Waals surface area contributed by atoms with E-state index in [9.17, 15) is 0 Å². The van der Waals surface area contributed by atoms with Gasteiger partial charge in [0, 0.05) is 44.3 Å². The molecule has 0 spiro atoms. The molecule has 0 saturated carbocycles. The highest BCUT2D eigenvalue weighted by Gasteiger charge is 2.24. The number of aromatic nitrogens is 2. The second-order valence-electron chi connectivity index (χ2n) is 6.46. The third-order valence-corrected chi connectivity index (χ3v) is 3.65. The van der Waals surface area contributed by atoms with Crippen LogP contribution in [0.2, 0.25) is 0 Å². The first-order valence-electron chi connectivity index (χ1n) is 6.81. The fourth-order valence-electron chi connectivity index (χ4n) is 2.61. The predicted octanol–water partition coefficient (Wildman–Crippen LogP) is 1.60. The van der Waals surface area contributed by atoms with Crippen LogP contribution in [0.15, 0.2) is 6.20 Å². The van der Waals surface area contributed by atoms with Crippen molar-refractivity contribution in [3.63, 3.8) is 0 Å². The van der Waals surface area contributed by atoms with Crippen molar-refractivity contribution in [3.8, 4) is 0 Å². The fraction of sp³-hybridized carbons (Fsp3) is 0.786. The minimum absolute atomic E-state index is 0.256. The van der Waals surface area contributed by atoms with Gasteiger partial charge in [0.1, 0.15) is 5.82 Å². The molecular weight excluding hydrogens is 224 g/mol. The van der Waals surface area contributed by atoms with Gasteiger partial charge in [0.25, 0.3) is 0 Å². The monoisotopic (exact) mass is 250 g/mol. The number of nitrogens with zero attached hydrogens (tertiary/aromatic N) is 4. The Morgan fingerprint density at radius 2 is 1.94 bits per heavy atom. The van der Waals surface area contributed by atoms with Crippen molar-refractivity contribution in [3.05, 3.63) is 17.7 Å². The smallest absolute Gasteiger partial charge is 0.110 e. The van der Waals surface area contributed by atoms with Crippen molar-refractivity contribution in [2.45, 2.75) is 45.8 Å². The molecule has 0 saturated heterocycles. The van der Waals surface area contributed by atoms with Gasteiger partial charge >= 0.3 is 0 Å². The lowest BCUT2D eigenvalue weighted by Crippen LogP contribution is -2.43. The van der Waals surface area contributed by atoms with Crippen LogP contribution in [0.1, 0.15) is 32.3 Å². The zero-order valence-electron chi connectivity index (χ0n) is 12.4. The van der Waals surface area contributed by atoms with Crippen LogP contribution < -0.4 is 0 Å². The third kappa shape index (κ3) is 2.93. The van der Waals surface area contributed by atoms with E-state index in [1.165, 1.54) is 11.5 Å². The molecule has 18 heavy (non-hydrogen) atoms. The standard InChI is InChI=1S/C14H26N4/c1-14(2,3)17-7-6-13-15-10-12(11-16(4)5)18(13)9-8-17/h10H,6-9,11H2,1-5H3. The largest absolute Gasteiger partial charge is 0.329 e. The summed E-state index contributed by atoms with van der Waals surface area (Å²) in [5, 5.41) is 0. The SMILES string of the molecule is CN(C)Cc1cnc2n1CCN(C(C)(C)C)CC2. The van der Waals surface area contributed by atoms with Crippen LogP contribution >= 0.6 is 0 Å². The van der Waals surface area contributed by atoms with Crippen molar-refractivity contribution in [1.82, 2.24) is 19.4 Å². The lowest BCUT2D eigenvalue weighted by molar-refractivity contribution is 0.139. The lowest BCUT2D eigenvalue weighted by atomic mass is 10.1. The van der Waals surface area contributed by atoms with Crippen molar-refractivity contribution in [1.29, 1.82) is 0 Å². The van der Waals surface area contributed by atoms with E-state index < -0.39 is 0 Å². The van der Waals surface area contributed by atoms with Gasteiger partial charge in [-0.05, 0) is 34.9 Å². The van der Waals surface area contributed by atoms with Gasteiger partial charge in [-0.1, -0.05) is 0 Å². The van der Waals surface area contributed by atoms with Gasteiger partial charge in [0.15, 0.2) is 0 Å². The maximum Gasteiger partial charge on any atom is 0.110 e. The summed E-state index contributed by atoms with van der Waals surface area (Å²) >= 11 is 0. The van der Waals surface area contributed by atoms with E-state index in [0.717, 1.165) is 32.6 Å². The predicted molar refractivity (Wildman–Crippen MR) is 74.6 cm³/mol. The summed E-state index contributed by atoms with van der Waals surface area (Å²) in [6, 6.07) is 0. The van der Waals surface area contributed by atoms with Gasteiger partial charge in [-0.3, -0.25) is 4.90 Å². The summed E-state index contributed by atoms with van der Waals surface area (Å²) in [7, 11) is 4.22. The topological polar surface area (TPSA) is 24.3 Å². The Morgan fingerprint density at radius 1 is 1.22 bits per heavy atom. The molecule has 0 bridgehead atoms. The van der Waals surface area contributed by atoms with Crippen LogP contribution in [0.3, 0.4) is 0 Å². The summed E-state index contributed by atoms with van der Waals surface area (Å²) in [5.41, 5.74) is 1.59. The van der Waals surface area contributed by atoms with E-state index >= 15 is 0 Å². The average Bonchev–Trinajstić information content (AvgIpc) is 2.48. The molecule has 1 aliphatic heterocycles. The highest BCUT2D eigenvalue weighted by molar-refractivity contribution is 5.07. The second kappa shape index (κ2) is 5.02. The maximum atomic E-state index is 4.60. The molecule has 1 aliphatic rings. The molecular formula is C14H26N4. The zero-order valence-corrected chi connectivity index (χ0v) is 12.4. The Hall–Kier alpha value is -0.870. The van der Waals surface area contributed by atoms with E-state index in [1.54, 1.807) is 0 Å². The molecule has 0 radical (unpaired) electrons. The van der Waals surface area contributed by atoms with Crippen LogP contribution in [0.5, 0.6) is 0 Å². The first-order valence-corrected chi connectivity index (χ1v) is 6.81. The summed E-state index contributed by atoms with van der Waals surface area (Å²) in [6.07, 6.45) is 3.10. The van der Waals surface area contributed by atoms with Crippen LogP contribution in [-0.4, -0.2) is 52.1 Å². The van der Waals surface area contributed by atoms with Gasteiger partial charge in [0.05, 0.1) is 5.69 Å². The third-order valence-electron chi connectivity index (χ3n) is 3.65. The van der Waals surface area contributed by atoms with Gasteiger partial charge in [-0.2, -0.15) is 0 Å². The molecule has 0 aromatic carbocycles. The molecule has 4 heteroatoms. The van der Waals surface area contributed by atoms with E-state index in [2.05, 4.69) is 54.2 Å². The van der Waals surface area contributed by atoms with Crippen LogP contribution in [-0.2, 0) is 19.5 Å². The molecule has 102 valence electrons. The summed E-state index contributed by atoms with van der Waals surface area (Å²) < 4.78 is 2.41. The Morgan fingerprint density at radius 3 is 2.56 bits per heavy atom. The van der Waals surface area contributed by atoms with Crippen molar-refractivity contribution < 1.29 is 0 Å². The lowest BCUT2D eigenvalue weighted by Gasteiger charge is -2.34. The second-order valence-corrected chi connectivity index (χ2v) is 6.46. The molecule has 0 unspecified atom stereocenters. The van der Waals surface area contributed by atoms with Crippen LogP contribution in [0.4, 0.5) is 0 Å². The molecule has 1 aromatic rings. The van der Waals surface area contributed by atoms with Crippen molar-refractivity contribution in [2.24, 2.45) is 0 Å². The number of imidazole rings is 1. The Bertz CT molecular complexity index is 400. The molecule has 0 amide bonds. The van der Waals surface area contributed by atoms with Crippen molar-refractivity contribution >= 4 is 0 Å². The quantitative estimate of drug-likeness (QED) is 0.797. The Balaban J connectivity index is 2.14. The van der Waals surface area contributed by atoms with E-state index in [-0.39, 0.29) is 5.54 Å². The average molecular weight is 250 g/mol. The number of fused-ring (bicyclic) bond motifs is 1. The number of hydrogen-bond donors (Lipinski definition) is 0. The molecule has 0 atom stereocenters. The Labute approximate surface area is 111 Å². The van der Waals surface area contributed by atoms with Gasteiger partial charge in [-0.25, -0.2) is 4.98 Å². The molecule has 0 fully saturated rings. The number of rotatable bonds is 2. The van der Waals surface area contributed by atoms with Crippen LogP contribution in [0.25, 0.3) is 0 Å². The first-order chi connectivity index (χ1) is 8.38. The van der Waals surface area contributed by atoms with E-state index in [0.29, 0.717) is 0 Å². The molecule has 4 nitrogen and oxygen atoms in total. The van der Waals surface area contributed by atoms with E-state index in [4.69, 9.17) is 0 Å². The molecule has 0 aliphatic carbocycles. The van der Waals surface area contributed by atoms with Crippen molar-refractivity contribution in [2.75, 3.05) is 27.2 Å². The maximum absolute atomic E-state index is 4.60. The number of hydrogen-bond acceptors (Lipinski definition) is 3.